The summed E-state index contributed by atoms with van der Waals surface area (Å²) in [6.45, 7) is 0.556. The minimum Gasteiger partial charge on any atom is -0.363 e. The van der Waals surface area contributed by atoms with E-state index >= 15 is 0 Å². The van der Waals surface area contributed by atoms with Gasteiger partial charge in [-0.3, -0.25) is 20.0 Å². The van der Waals surface area contributed by atoms with E-state index in [2.05, 4.69) is 25.2 Å². The second kappa shape index (κ2) is 5.78. The highest BCUT2D eigenvalue weighted by Crippen LogP contribution is 2.30. The van der Waals surface area contributed by atoms with E-state index in [1.165, 1.54) is 12.3 Å². The van der Waals surface area contributed by atoms with E-state index in [1.54, 1.807) is 17.3 Å². The number of H-pyrrole nitrogens is 1. The lowest BCUT2D eigenvalue weighted by molar-refractivity contribution is -0.145. The van der Waals surface area contributed by atoms with Gasteiger partial charge in [0.05, 0.1) is 12.2 Å². The van der Waals surface area contributed by atoms with Crippen LogP contribution in [0.15, 0.2) is 29.2 Å². The molecule has 21 heavy (non-hydrogen) atoms. The van der Waals surface area contributed by atoms with E-state index in [9.17, 15) is 9.59 Å². The molecule has 1 fully saturated rings. The SMILES string of the molecule is O=C(Nc1ccon1)C(=O)N1CCCC[C@H]1c1cn[nH]c1. The molecule has 1 saturated heterocycles. The minimum atomic E-state index is -0.709. The van der Waals surface area contributed by atoms with Crippen molar-refractivity contribution >= 4 is 17.6 Å². The Labute approximate surface area is 120 Å². The van der Waals surface area contributed by atoms with E-state index in [1.807, 2.05) is 0 Å². The van der Waals surface area contributed by atoms with Crippen LogP contribution in [-0.4, -0.2) is 38.6 Å². The predicted molar refractivity (Wildman–Crippen MR) is 72.0 cm³/mol. The van der Waals surface area contributed by atoms with Gasteiger partial charge in [-0.1, -0.05) is 5.16 Å². The maximum Gasteiger partial charge on any atom is 0.315 e. The molecule has 1 atom stereocenters. The van der Waals surface area contributed by atoms with E-state index in [0.29, 0.717) is 6.54 Å². The van der Waals surface area contributed by atoms with Crippen LogP contribution >= 0.6 is 0 Å². The quantitative estimate of drug-likeness (QED) is 0.805. The number of nitrogens with zero attached hydrogens (tertiary/aromatic N) is 3. The molecular formula is C13H15N5O3. The summed E-state index contributed by atoms with van der Waals surface area (Å²) in [4.78, 5) is 26.0. The van der Waals surface area contributed by atoms with Gasteiger partial charge in [0.15, 0.2) is 5.82 Å². The zero-order chi connectivity index (χ0) is 14.7. The Kier molecular flexibility index (Phi) is 3.67. The summed E-state index contributed by atoms with van der Waals surface area (Å²) in [5.41, 5.74) is 0.914. The molecule has 2 aromatic rings. The molecule has 0 saturated carbocycles. The van der Waals surface area contributed by atoms with E-state index in [4.69, 9.17) is 0 Å². The van der Waals surface area contributed by atoms with E-state index < -0.39 is 11.8 Å². The Morgan fingerprint density at radius 2 is 2.33 bits per heavy atom. The third-order valence-corrected chi connectivity index (χ3v) is 3.54. The molecule has 1 aliphatic heterocycles. The van der Waals surface area contributed by atoms with Gasteiger partial charge in [0.2, 0.25) is 0 Å². The second-order valence-electron chi connectivity index (χ2n) is 4.88. The lowest BCUT2D eigenvalue weighted by Gasteiger charge is -2.34. The highest BCUT2D eigenvalue weighted by molar-refractivity contribution is 6.39. The van der Waals surface area contributed by atoms with Crippen molar-refractivity contribution in [1.82, 2.24) is 20.3 Å². The Morgan fingerprint density at radius 1 is 1.43 bits per heavy atom. The first-order valence-corrected chi connectivity index (χ1v) is 6.76. The van der Waals surface area contributed by atoms with Gasteiger partial charge >= 0.3 is 11.8 Å². The summed E-state index contributed by atoms with van der Waals surface area (Å²) in [5, 5.41) is 12.6. The fourth-order valence-electron chi connectivity index (χ4n) is 2.54. The van der Waals surface area contributed by atoms with Gasteiger partial charge < -0.3 is 9.42 Å². The van der Waals surface area contributed by atoms with E-state index in [-0.39, 0.29) is 11.9 Å². The molecule has 2 N–H and O–H groups in total. The zero-order valence-corrected chi connectivity index (χ0v) is 11.3. The first kappa shape index (κ1) is 13.3. The molecule has 2 aromatic heterocycles. The number of likely N-dealkylation sites (tertiary alicyclic amines) is 1. The minimum absolute atomic E-state index is 0.118. The van der Waals surface area contributed by atoms with Crippen molar-refractivity contribution in [2.75, 3.05) is 11.9 Å². The Balaban J connectivity index is 1.73. The number of hydrogen-bond acceptors (Lipinski definition) is 5. The molecule has 1 aliphatic rings. The molecule has 0 spiro atoms. The molecule has 0 aromatic carbocycles. The van der Waals surface area contributed by atoms with Crippen molar-refractivity contribution in [2.24, 2.45) is 0 Å². The Morgan fingerprint density at radius 3 is 3.05 bits per heavy atom. The molecule has 2 amide bonds. The third kappa shape index (κ3) is 2.78. The highest BCUT2D eigenvalue weighted by Gasteiger charge is 2.32. The number of aromatic amines is 1. The van der Waals surface area contributed by atoms with Crippen molar-refractivity contribution in [1.29, 1.82) is 0 Å². The summed E-state index contributed by atoms with van der Waals surface area (Å²) in [5.74, 6) is -1.05. The van der Waals surface area contributed by atoms with Gasteiger partial charge in [-0.2, -0.15) is 5.10 Å². The molecule has 0 radical (unpaired) electrons. The summed E-state index contributed by atoms with van der Waals surface area (Å²) in [6.07, 6.45) is 7.50. The van der Waals surface area contributed by atoms with Crippen LogP contribution in [0.5, 0.6) is 0 Å². The molecule has 8 heteroatoms. The topological polar surface area (TPSA) is 104 Å². The average molecular weight is 289 g/mol. The normalized spacial score (nSPS) is 18.5. The maximum atomic E-state index is 12.4. The zero-order valence-electron chi connectivity index (χ0n) is 11.3. The molecule has 3 rings (SSSR count). The highest BCUT2D eigenvalue weighted by atomic mass is 16.5. The van der Waals surface area contributed by atoms with Crippen LogP contribution in [0.1, 0.15) is 30.9 Å². The number of nitrogens with one attached hydrogen (secondary N) is 2. The molecular weight excluding hydrogens is 274 g/mol. The number of aromatic nitrogens is 3. The molecule has 0 aliphatic carbocycles. The third-order valence-electron chi connectivity index (χ3n) is 3.54. The largest absolute Gasteiger partial charge is 0.363 e. The fourth-order valence-corrected chi connectivity index (χ4v) is 2.54. The van der Waals surface area contributed by atoms with Crippen molar-refractivity contribution in [3.8, 4) is 0 Å². The molecule has 110 valence electrons. The summed E-state index contributed by atoms with van der Waals surface area (Å²) in [6, 6.07) is 1.36. The van der Waals surface area contributed by atoms with Gasteiger partial charge in [-0.25, -0.2) is 0 Å². The summed E-state index contributed by atoms with van der Waals surface area (Å²) in [7, 11) is 0. The number of piperidine rings is 1. The fraction of sp³-hybridized carbons (Fsp3) is 0.385. The number of amides is 2. The number of hydrogen-bond donors (Lipinski definition) is 2. The van der Waals surface area contributed by atoms with Gasteiger partial charge in [0.1, 0.15) is 6.26 Å². The first-order valence-electron chi connectivity index (χ1n) is 6.76. The van der Waals surface area contributed by atoms with Crippen LogP contribution in [0.3, 0.4) is 0 Å². The second-order valence-corrected chi connectivity index (χ2v) is 4.88. The predicted octanol–water partition coefficient (Wildman–Crippen LogP) is 1.09. The number of anilines is 1. The molecule has 0 unspecified atom stereocenters. The van der Waals surface area contributed by atoms with Gasteiger partial charge in [0.25, 0.3) is 0 Å². The lowest BCUT2D eigenvalue weighted by atomic mass is 9.97. The van der Waals surface area contributed by atoms with Crippen LogP contribution in [0.4, 0.5) is 5.82 Å². The van der Waals surface area contributed by atoms with Gasteiger partial charge in [-0.05, 0) is 19.3 Å². The number of carbonyl (C=O) groups is 2. The standard InChI is InChI=1S/C13H15N5O3/c19-12(16-11-4-6-21-17-11)13(20)18-5-2-1-3-10(18)9-7-14-15-8-9/h4,6-8,10H,1-3,5H2,(H,14,15)(H,16,17,19)/t10-/m0/s1. The van der Waals surface area contributed by atoms with Crippen LogP contribution < -0.4 is 5.32 Å². The van der Waals surface area contributed by atoms with Crippen LogP contribution in [0.2, 0.25) is 0 Å². The summed E-state index contributed by atoms with van der Waals surface area (Å²) < 4.78 is 4.62. The van der Waals surface area contributed by atoms with Crippen LogP contribution in [0.25, 0.3) is 0 Å². The van der Waals surface area contributed by atoms with Crippen molar-refractivity contribution < 1.29 is 14.1 Å². The van der Waals surface area contributed by atoms with Gasteiger partial charge in [-0.15, -0.1) is 0 Å². The van der Waals surface area contributed by atoms with Gasteiger partial charge in [0, 0.05) is 24.4 Å². The maximum absolute atomic E-state index is 12.4. The number of carbonyl (C=O) groups excluding carboxylic acids is 2. The molecule has 8 nitrogen and oxygen atoms in total. The van der Waals surface area contributed by atoms with Crippen LogP contribution in [-0.2, 0) is 9.59 Å². The first-order chi connectivity index (χ1) is 10.3. The van der Waals surface area contributed by atoms with E-state index in [0.717, 1.165) is 24.8 Å². The lowest BCUT2D eigenvalue weighted by Crippen LogP contribution is -2.44. The summed E-state index contributed by atoms with van der Waals surface area (Å²) >= 11 is 0. The monoisotopic (exact) mass is 289 g/mol. The van der Waals surface area contributed by atoms with Crippen molar-refractivity contribution in [2.45, 2.75) is 25.3 Å². The van der Waals surface area contributed by atoms with Crippen LogP contribution in [0, 0.1) is 0 Å². The number of rotatable bonds is 2. The van der Waals surface area contributed by atoms with Crippen molar-refractivity contribution in [3.63, 3.8) is 0 Å². The Bertz CT molecular complexity index is 608. The smallest absolute Gasteiger partial charge is 0.315 e. The Hall–Kier alpha value is -2.64. The molecule has 3 heterocycles. The van der Waals surface area contributed by atoms with Crippen molar-refractivity contribution in [3.05, 3.63) is 30.3 Å². The molecule has 0 bridgehead atoms. The average Bonchev–Trinajstić information content (AvgIpc) is 3.19.